The number of halogens is 1. The van der Waals surface area contributed by atoms with E-state index < -0.39 is 27.3 Å². The molecule has 0 bridgehead atoms. The van der Waals surface area contributed by atoms with Gasteiger partial charge in [0.25, 0.3) is 16.1 Å². The molecule has 2 aromatic rings. The molecule has 1 amide bonds. The maximum Gasteiger partial charge on any atom is 0.279 e. The number of carbonyl (C=O) groups is 1. The predicted molar refractivity (Wildman–Crippen MR) is 120 cm³/mol. The molecule has 11 heteroatoms. The highest BCUT2D eigenvalue weighted by atomic mass is 32.2. The van der Waals surface area contributed by atoms with Crippen molar-refractivity contribution in [2.75, 3.05) is 39.9 Å². The van der Waals surface area contributed by atoms with Gasteiger partial charge in [0.05, 0.1) is 13.7 Å². The molecule has 0 spiro atoms. The minimum absolute atomic E-state index is 0.0115. The highest BCUT2D eigenvalue weighted by Crippen LogP contribution is 2.36. The van der Waals surface area contributed by atoms with Crippen LogP contribution in [-0.2, 0) is 15.6 Å². The van der Waals surface area contributed by atoms with Gasteiger partial charge in [-0.1, -0.05) is 18.2 Å². The number of carbonyl (C=O) groups excluding carboxylic acids is 1. The Morgan fingerprint density at radius 1 is 1.21 bits per heavy atom. The van der Waals surface area contributed by atoms with Crippen LogP contribution in [0.3, 0.4) is 0 Å². The van der Waals surface area contributed by atoms with Crippen molar-refractivity contribution >= 4 is 16.1 Å². The fraction of sp³-hybridized carbons (Fsp3) is 0.409. The fourth-order valence-corrected chi connectivity index (χ4v) is 5.26. The molecular formula is C22H28FN3O6S. The lowest BCUT2D eigenvalue weighted by Crippen LogP contribution is -2.52. The maximum absolute atomic E-state index is 14.0. The number of aliphatic hydroxyl groups is 1. The predicted octanol–water partition coefficient (Wildman–Crippen LogP) is 1.13. The van der Waals surface area contributed by atoms with E-state index in [1.54, 1.807) is 24.3 Å². The van der Waals surface area contributed by atoms with Gasteiger partial charge in [0.2, 0.25) is 0 Å². The lowest BCUT2D eigenvalue weighted by Gasteiger charge is -2.41. The molecule has 1 saturated heterocycles. The average Bonchev–Trinajstić information content (AvgIpc) is 2.81. The Hall–Kier alpha value is -2.73. The van der Waals surface area contributed by atoms with Crippen LogP contribution in [0.1, 0.15) is 28.8 Å². The molecule has 1 fully saturated rings. The number of nitrogens with zero attached hydrogens (tertiary/aromatic N) is 1. The summed E-state index contributed by atoms with van der Waals surface area (Å²) >= 11 is 0. The van der Waals surface area contributed by atoms with Gasteiger partial charge in [-0.2, -0.15) is 17.4 Å². The van der Waals surface area contributed by atoms with Crippen LogP contribution in [-0.4, -0.2) is 68.7 Å². The van der Waals surface area contributed by atoms with Crippen LogP contribution in [0.25, 0.3) is 0 Å². The van der Waals surface area contributed by atoms with Crippen molar-refractivity contribution in [1.82, 2.24) is 14.3 Å². The first-order valence-corrected chi connectivity index (χ1v) is 11.9. The van der Waals surface area contributed by atoms with Crippen LogP contribution < -0.4 is 14.8 Å². The molecule has 1 aliphatic rings. The molecule has 33 heavy (non-hydrogen) atoms. The van der Waals surface area contributed by atoms with Crippen LogP contribution in [0.5, 0.6) is 11.5 Å². The zero-order valence-corrected chi connectivity index (χ0v) is 19.1. The Labute approximate surface area is 192 Å². The Bertz CT molecular complexity index is 1090. The van der Waals surface area contributed by atoms with E-state index in [9.17, 15) is 22.7 Å². The Morgan fingerprint density at radius 3 is 2.55 bits per heavy atom. The lowest BCUT2D eigenvalue weighted by atomic mass is 9.73. The van der Waals surface area contributed by atoms with Gasteiger partial charge in [-0.25, -0.2) is 4.39 Å². The third kappa shape index (κ3) is 5.61. The number of piperidine rings is 1. The van der Waals surface area contributed by atoms with E-state index in [-0.39, 0.29) is 49.8 Å². The number of phenolic OH excluding ortho intramolecular Hbond substituents is 1. The number of aromatic hydroxyl groups is 1. The molecule has 1 heterocycles. The number of hydrogen-bond acceptors (Lipinski definition) is 6. The fourth-order valence-electron chi connectivity index (χ4n) is 4.06. The summed E-state index contributed by atoms with van der Waals surface area (Å²) in [4.78, 5) is 12.9. The number of rotatable bonds is 9. The third-order valence-electron chi connectivity index (χ3n) is 5.89. The van der Waals surface area contributed by atoms with Gasteiger partial charge in [-0.3, -0.25) is 4.79 Å². The van der Waals surface area contributed by atoms with E-state index >= 15 is 0 Å². The Morgan fingerprint density at radius 2 is 1.91 bits per heavy atom. The van der Waals surface area contributed by atoms with Crippen LogP contribution in [0, 0.1) is 5.82 Å². The number of ether oxygens (including phenoxy) is 1. The van der Waals surface area contributed by atoms with Gasteiger partial charge < -0.3 is 20.3 Å². The summed E-state index contributed by atoms with van der Waals surface area (Å²) in [7, 11) is -2.37. The number of amides is 1. The second-order valence-electron chi connectivity index (χ2n) is 7.85. The van der Waals surface area contributed by atoms with Crippen LogP contribution >= 0.6 is 0 Å². The third-order valence-corrected chi connectivity index (χ3v) is 7.51. The number of nitrogens with one attached hydrogen (secondary N) is 2. The molecule has 0 radical (unpaired) electrons. The van der Waals surface area contributed by atoms with Gasteiger partial charge in [0, 0.05) is 31.6 Å². The molecule has 0 atom stereocenters. The summed E-state index contributed by atoms with van der Waals surface area (Å²) in [6.45, 7) is -0.0146. The van der Waals surface area contributed by atoms with Crippen molar-refractivity contribution in [2.45, 2.75) is 18.3 Å². The minimum atomic E-state index is -3.76. The normalized spacial score (nSPS) is 16.3. The highest BCUT2D eigenvalue weighted by molar-refractivity contribution is 7.87. The molecule has 0 unspecified atom stereocenters. The number of aliphatic hydroxyl groups excluding tert-OH is 1. The molecule has 1 aliphatic heterocycles. The first kappa shape index (κ1) is 24.9. The van der Waals surface area contributed by atoms with Gasteiger partial charge >= 0.3 is 0 Å². The van der Waals surface area contributed by atoms with E-state index in [0.29, 0.717) is 18.4 Å². The number of phenols is 1. The van der Waals surface area contributed by atoms with Gasteiger partial charge in [0.15, 0.2) is 0 Å². The largest absolute Gasteiger partial charge is 0.507 e. The van der Waals surface area contributed by atoms with E-state index in [0.717, 1.165) is 0 Å². The molecule has 2 aromatic carbocycles. The van der Waals surface area contributed by atoms with Crippen molar-refractivity contribution in [2.24, 2.45) is 0 Å². The lowest BCUT2D eigenvalue weighted by molar-refractivity contribution is 0.0927. The van der Waals surface area contributed by atoms with Gasteiger partial charge in [0.1, 0.15) is 22.9 Å². The molecule has 0 aliphatic carbocycles. The van der Waals surface area contributed by atoms with Crippen LogP contribution in [0.15, 0.2) is 42.5 Å². The number of methoxy groups -OCH3 is 1. The monoisotopic (exact) mass is 481 g/mol. The zero-order valence-electron chi connectivity index (χ0n) is 18.3. The SMILES string of the molecule is COc1cccc(O)c1C(=O)NCC1(c2cccc(F)c2)CCN(S(=O)(=O)NCCO)CC1. The molecular weight excluding hydrogens is 453 g/mol. The zero-order chi connectivity index (χ0) is 24.1. The smallest absolute Gasteiger partial charge is 0.279 e. The quantitative estimate of drug-likeness (QED) is 0.425. The Balaban J connectivity index is 1.83. The molecule has 0 saturated carbocycles. The minimum Gasteiger partial charge on any atom is -0.507 e. The summed E-state index contributed by atoms with van der Waals surface area (Å²) in [6, 6.07) is 10.5. The van der Waals surface area contributed by atoms with Gasteiger partial charge in [-0.15, -0.1) is 0 Å². The summed E-state index contributed by atoms with van der Waals surface area (Å²) in [5.74, 6) is -1.01. The van der Waals surface area contributed by atoms with E-state index in [1.807, 2.05) is 0 Å². The number of hydrogen-bond donors (Lipinski definition) is 4. The van der Waals surface area contributed by atoms with E-state index in [2.05, 4.69) is 10.0 Å². The van der Waals surface area contributed by atoms with Crippen molar-refractivity contribution < 1.29 is 32.6 Å². The van der Waals surface area contributed by atoms with Crippen LogP contribution in [0.2, 0.25) is 0 Å². The molecule has 4 N–H and O–H groups in total. The van der Waals surface area contributed by atoms with Crippen molar-refractivity contribution in [3.63, 3.8) is 0 Å². The van der Waals surface area contributed by atoms with E-state index in [4.69, 9.17) is 9.84 Å². The van der Waals surface area contributed by atoms with Gasteiger partial charge in [-0.05, 0) is 42.7 Å². The molecule has 3 rings (SSSR count). The Kier molecular flexibility index (Phi) is 7.90. The average molecular weight is 482 g/mol. The summed E-state index contributed by atoms with van der Waals surface area (Å²) < 4.78 is 47.7. The van der Waals surface area contributed by atoms with Crippen LogP contribution in [0.4, 0.5) is 4.39 Å². The molecule has 0 aromatic heterocycles. The van der Waals surface area contributed by atoms with Crippen molar-refractivity contribution in [1.29, 1.82) is 0 Å². The first-order valence-electron chi connectivity index (χ1n) is 10.5. The summed E-state index contributed by atoms with van der Waals surface area (Å²) in [6.07, 6.45) is 0.656. The first-order chi connectivity index (χ1) is 15.7. The summed E-state index contributed by atoms with van der Waals surface area (Å²) in [5.41, 5.74) is -0.0895. The highest BCUT2D eigenvalue weighted by Gasteiger charge is 2.40. The molecule has 9 nitrogen and oxygen atoms in total. The van der Waals surface area contributed by atoms with Crippen molar-refractivity contribution in [3.8, 4) is 11.5 Å². The second kappa shape index (κ2) is 10.5. The summed E-state index contributed by atoms with van der Waals surface area (Å²) in [5, 5.41) is 21.9. The maximum atomic E-state index is 14.0. The van der Waals surface area contributed by atoms with Crippen molar-refractivity contribution in [3.05, 3.63) is 59.4 Å². The standard InChI is InChI=1S/C22H28FN3O6S/c1-32-19-7-3-6-18(28)20(19)21(29)24-15-22(16-4-2-5-17(23)14-16)8-11-26(12-9-22)33(30,31)25-10-13-27/h2-7,14,25,27-28H,8-13,15H2,1H3,(H,24,29). The number of benzene rings is 2. The molecule has 180 valence electrons. The topological polar surface area (TPSA) is 128 Å². The van der Waals surface area contributed by atoms with E-state index in [1.165, 1.54) is 29.6 Å². The second-order valence-corrected chi connectivity index (χ2v) is 9.60.